The van der Waals surface area contributed by atoms with E-state index in [1.165, 1.54) is 30.0 Å². The van der Waals surface area contributed by atoms with Crippen molar-refractivity contribution in [2.24, 2.45) is 5.84 Å². The number of pyridine rings is 1. The van der Waals surface area contributed by atoms with E-state index in [1.54, 1.807) is 6.20 Å². The average molecular weight is 356 g/mol. The van der Waals surface area contributed by atoms with E-state index in [4.69, 9.17) is 5.84 Å². The van der Waals surface area contributed by atoms with Gasteiger partial charge in [-0.05, 0) is 51.8 Å². The van der Waals surface area contributed by atoms with Crippen LogP contribution in [0.4, 0.5) is 4.39 Å². The van der Waals surface area contributed by atoms with Gasteiger partial charge in [-0.2, -0.15) is 0 Å². The van der Waals surface area contributed by atoms with Crippen molar-refractivity contribution in [2.45, 2.75) is 10.8 Å². The highest BCUT2D eigenvalue weighted by Gasteiger charge is 2.09. The number of thioether (sulfide) groups is 1. The molecule has 1 heterocycles. The number of carbonyl (C=O) groups is 1. The molecule has 0 aliphatic carbocycles. The summed E-state index contributed by atoms with van der Waals surface area (Å²) in [4.78, 5) is 15.6. The third-order valence-corrected chi connectivity index (χ3v) is 3.98. The normalized spacial score (nSPS) is 10.3. The number of rotatable bonds is 4. The van der Waals surface area contributed by atoms with Gasteiger partial charge in [0.2, 0.25) is 0 Å². The molecule has 2 rings (SSSR count). The predicted octanol–water partition coefficient (Wildman–Crippen LogP) is 2.88. The standard InChI is InChI=1S/C13H11BrFN3OS/c14-10-2-4-12(17-6-10)20-7-9-5-8(13(19)18-16)1-3-11(9)15/h1-6H,7,16H2,(H,18,19). The Labute approximate surface area is 128 Å². The Bertz CT molecular complexity index is 622. The summed E-state index contributed by atoms with van der Waals surface area (Å²) in [5.74, 6) is 4.64. The molecule has 0 aliphatic rings. The Morgan fingerprint density at radius 3 is 2.85 bits per heavy atom. The molecule has 0 atom stereocenters. The van der Waals surface area contributed by atoms with Gasteiger partial charge in [-0.25, -0.2) is 15.2 Å². The van der Waals surface area contributed by atoms with Crippen LogP contribution in [0.25, 0.3) is 0 Å². The van der Waals surface area contributed by atoms with Crippen molar-refractivity contribution in [3.63, 3.8) is 0 Å². The third kappa shape index (κ3) is 3.78. The van der Waals surface area contributed by atoms with Gasteiger partial charge in [0.25, 0.3) is 5.91 Å². The highest BCUT2D eigenvalue weighted by Crippen LogP contribution is 2.24. The van der Waals surface area contributed by atoms with Crippen LogP contribution >= 0.6 is 27.7 Å². The van der Waals surface area contributed by atoms with Crippen LogP contribution < -0.4 is 11.3 Å². The Balaban J connectivity index is 2.12. The lowest BCUT2D eigenvalue weighted by atomic mass is 10.1. The van der Waals surface area contributed by atoms with Crippen LogP contribution in [0.3, 0.4) is 0 Å². The van der Waals surface area contributed by atoms with Crippen LogP contribution in [-0.2, 0) is 5.75 Å². The summed E-state index contributed by atoms with van der Waals surface area (Å²) in [7, 11) is 0. The Morgan fingerprint density at radius 1 is 1.40 bits per heavy atom. The van der Waals surface area contributed by atoms with Crippen LogP contribution in [0, 0.1) is 5.82 Å². The first kappa shape index (κ1) is 15.0. The van der Waals surface area contributed by atoms with Crippen LogP contribution in [0.5, 0.6) is 0 Å². The molecule has 1 aromatic carbocycles. The lowest BCUT2D eigenvalue weighted by molar-refractivity contribution is 0.0953. The number of nitrogen functional groups attached to an aromatic ring is 1. The SMILES string of the molecule is NNC(=O)c1ccc(F)c(CSc2ccc(Br)cn2)c1. The molecule has 0 saturated carbocycles. The van der Waals surface area contributed by atoms with Crippen molar-refractivity contribution in [2.75, 3.05) is 0 Å². The number of amides is 1. The number of nitrogens with one attached hydrogen (secondary N) is 1. The summed E-state index contributed by atoms with van der Waals surface area (Å²) in [6.45, 7) is 0. The van der Waals surface area contributed by atoms with Gasteiger partial charge < -0.3 is 0 Å². The molecule has 1 aromatic heterocycles. The Kier molecular flexibility index (Phi) is 5.11. The molecular formula is C13H11BrFN3OS. The fraction of sp³-hybridized carbons (Fsp3) is 0.0769. The van der Waals surface area contributed by atoms with E-state index >= 15 is 0 Å². The summed E-state index contributed by atoms with van der Waals surface area (Å²) in [6, 6.07) is 7.84. The van der Waals surface area contributed by atoms with Gasteiger partial charge in [-0.15, -0.1) is 11.8 Å². The zero-order valence-corrected chi connectivity index (χ0v) is 12.7. The van der Waals surface area contributed by atoms with E-state index in [1.807, 2.05) is 17.6 Å². The van der Waals surface area contributed by atoms with Gasteiger partial charge in [0.1, 0.15) is 5.82 Å². The van der Waals surface area contributed by atoms with Gasteiger partial charge >= 0.3 is 0 Å². The lowest BCUT2D eigenvalue weighted by Gasteiger charge is -2.06. The van der Waals surface area contributed by atoms with Crippen molar-refractivity contribution in [3.8, 4) is 0 Å². The number of carbonyl (C=O) groups excluding carboxylic acids is 1. The lowest BCUT2D eigenvalue weighted by Crippen LogP contribution is -2.30. The number of nitrogens with zero attached hydrogens (tertiary/aromatic N) is 1. The number of hydrogen-bond acceptors (Lipinski definition) is 4. The van der Waals surface area contributed by atoms with Gasteiger partial charge in [-0.1, -0.05) is 0 Å². The maximum absolute atomic E-state index is 13.7. The van der Waals surface area contributed by atoms with E-state index < -0.39 is 5.91 Å². The van der Waals surface area contributed by atoms with Crippen LogP contribution in [0.1, 0.15) is 15.9 Å². The highest BCUT2D eigenvalue weighted by atomic mass is 79.9. The highest BCUT2D eigenvalue weighted by molar-refractivity contribution is 9.10. The number of nitrogens with two attached hydrogens (primary N) is 1. The molecule has 0 aliphatic heterocycles. The first-order valence-electron chi connectivity index (χ1n) is 5.64. The third-order valence-electron chi connectivity index (χ3n) is 2.51. The second-order valence-electron chi connectivity index (χ2n) is 3.88. The number of benzene rings is 1. The molecule has 2 aromatic rings. The average Bonchev–Trinajstić information content (AvgIpc) is 2.47. The minimum atomic E-state index is -0.446. The molecule has 4 nitrogen and oxygen atoms in total. The zero-order chi connectivity index (χ0) is 14.5. The molecule has 0 fully saturated rings. The fourth-order valence-corrected chi connectivity index (χ4v) is 2.56. The van der Waals surface area contributed by atoms with Crippen molar-refractivity contribution in [1.29, 1.82) is 0 Å². The quantitative estimate of drug-likeness (QED) is 0.383. The van der Waals surface area contributed by atoms with Gasteiger partial charge in [0.15, 0.2) is 0 Å². The van der Waals surface area contributed by atoms with E-state index in [0.717, 1.165) is 9.50 Å². The fourth-order valence-electron chi connectivity index (χ4n) is 1.51. The Hall–Kier alpha value is -1.44. The van der Waals surface area contributed by atoms with Crippen LogP contribution in [0.2, 0.25) is 0 Å². The van der Waals surface area contributed by atoms with E-state index in [0.29, 0.717) is 16.9 Å². The molecule has 3 N–H and O–H groups in total. The monoisotopic (exact) mass is 355 g/mol. The minimum absolute atomic E-state index is 0.327. The maximum Gasteiger partial charge on any atom is 0.265 e. The summed E-state index contributed by atoms with van der Waals surface area (Å²) in [6.07, 6.45) is 1.68. The zero-order valence-electron chi connectivity index (χ0n) is 10.3. The largest absolute Gasteiger partial charge is 0.290 e. The molecule has 0 spiro atoms. The smallest absolute Gasteiger partial charge is 0.265 e. The number of hydrogen-bond donors (Lipinski definition) is 2. The topological polar surface area (TPSA) is 68.0 Å². The molecule has 7 heteroatoms. The maximum atomic E-state index is 13.7. The Morgan fingerprint density at radius 2 is 2.20 bits per heavy atom. The van der Waals surface area contributed by atoms with E-state index in [9.17, 15) is 9.18 Å². The number of halogens is 2. The molecule has 0 bridgehead atoms. The van der Waals surface area contributed by atoms with Crippen molar-refractivity contribution in [1.82, 2.24) is 10.4 Å². The minimum Gasteiger partial charge on any atom is -0.290 e. The second-order valence-corrected chi connectivity index (χ2v) is 5.79. The molecule has 20 heavy (non-hydrogen) atoms. The van der Waals surface area contributed by atoms with Gasteiger partial charge in [0.05, 0.1) is 5.03 Å². The van der Waals surface area contributed by atoms with E-state index in [-0.39, 0.29) is 5.82 Å². The summed E-state index contributed by atoms with van der Waals surface area (Å²) >= 11 is 4.69. The van der Waals surface area contributed by atoms with Crippen LogP contribution in [0.15, 0.2) is 46.0 Å². The van der Waals surface area contributed by atoms with Crippen molar-refractivity contribution >= 4 is 33.6 Å². The number of hydrazine groups is 1. The molecule has 1 amide bonds. The molecular weight excluding hydrogens is 345 g/mol. The first-order chi connectivity index (χ1) is 9.60. The van der Waals surface area contributed by atoms with Gasteiger partial charge in [-0.3, -0.25) is 10.2 Å². The van der Waals surface area contributed by atoms with Crippen molar-refractivity contribution in [3.05, 3.63) is 57.9 Å². The molecule has 104 valence electrons. The van der Waals surface area contributed by atoms with Gasteiger partial charge in [0, 0.05) is 22.0 Å². The second kappa shape index (κ2) is 6.83. The number of aromatic nitrogens is 1. The summed E-state index contributed by atoms with van der Waals surface area (Å²) in [5.41, 5.74) is 2.78. The van der Waals surface area contributed by atoms with Crippen molar-refractivity contribution < 1.29 is 9.18 Å². The first-order valence-corrected chi connectivity index (χ1v) is 7.41. The molecule has 0 unspecified atom stereocenters. The predicted molar refractivity (Wildman–Crippen MR) is 79.6 cm³/mol. The molecule has 0 saturated heterocycles. The summed E-state index contributed by atoms with van der Waals surface area (Å²) in [5, 5.41) is 0.779. The van der Waals surface area contributed by atoms with E-state index in [2.05, 4.69) is 20.9 Å². The summed E-state index contributed by atoms with van der Waals surface area (Å²) < 4.78 is 14.6. The molecule has 0 radical (unpaired) electrons. The van der Waals surface area contributed by atoms with Crippen LogP contribution in [-0.4, -0.2) is 10.9 Å².